The van der Waals surface area contributed by atoms with Gasteiger partial charge >= 0.3 is 0 Å². The van der Waals surface area contributed by atoms with E-state index in [2.05, 4.69) is 32.3 Å². The number of halogens is 1. The summed E-state index contributed by atoms with van der Waals surface area (Å²) in [5.41, 5.74) is 2.46. The summed E-state index contributed by atoms with van der Waals surface area (Å²) in [6.45, 7) is 3.65. The first-order valence-corrected chi connectivity index (χ1v) is 5.69. The first-order valence-electron chi connectivity index (χ1n) is 5.29. The number of thiocarbonyl (C=S) groups is 1. The van der Waals surface area contributed by atoms with Gasteiger partial charge in [-0.15, -0.1) is 0 Å². The molecule has 3 nitrogen and oxygen atoms in total. The fourth-order valence-electron chi connectivity index (χ4n) is 1.59. The van der Waals surface area contributed by atoms with Crippen LogP contribution in [0.25, 0.3) is 11.4 Å². The lowest BCUT2D eigenvalue weighted by Crippen LogP contribution is -1.92. The van der Waals surface area contributed by atoms with Gasteiger partial charge in [0.1, 0.15) is 5.69 Å². The lowest BCUT2D eigenvalue weighted by molar-refractivity contribution is 0.629. The van der Waals surface area contributed by atoms with Crippen molar-refractivity contribution >= 4 is 23.1 Å². The molecule has 90 valence electrons. The van der Waals surface area contributed by atoms with E-state index in [-0.39, 0.29) is 5.69 Å². The van der Waals surface area contributed by atoms with Gasteiger partial charge in [0, 0.05) is 18.0 Å². The minimum absolute atomic E-state index is 0.209. The molecule has 0 aliphatic heterocycles. The molecule has 2 rings (SSSR count). The van der Waals surface area contributed by atoms with Crippen LogP contribution in [0.3, 0.4) is 0 Å². The van der Waals surface area contributed by atoms with Gasteiger partial charge in [-0.3, -0.25) is 0 Å². The lowest BCUT2D eigenvalue weighted by atomic mass is 10.1. The Hall–Kier alpha value is -1.97. The Labute approximate surface area is 109 Å². The molecule has 0 N–H and O–H groups in total. The van der Waals surface area contributed by atoms with Crippen molar-refractivity contribution in [2.45, 2.75) is 13.8 Å². The van der Waals surface area contributed by atoms with Gasteiger partial charge in [0.15, 0.2) is 11.6 Å². The molecule has 5 heteroatoms. The second-order valence-electron chi connectivity index (χ2n) is 3.91. The minimum Gasteiger partial charge on any atom is -0.236 e. The Bertz CT molecular complexity index is 608. The van der Waals surface area contributed by atoms with Gasteiger partial charge in [-0.05, 0) is 49.3 Å². The number of aliphatic imine (C=N–C) groups is 1. The summed E-state index contributed by atoms with van der Waals surface area (Å²) in [5, 5.41) is 2.17. The Morgan fingerprint density at radius 3 is 2.44 bits per heavy atom. The van der Waals surface area contributed by atoms with Gasteiger partial charge in [-0.25, -0.2) is 14.4 Å². The normalized spacial score (nSPS) is 9.94. The van der Waals surface area contributed by atoms with Gasteiger partial charge in [-0.1, -0.05) is 0 Å². The molecule has 18 heavy (non-hydrogen) atoms. The van der Waals surface area contributed by atoms with E-state index in [1.54, 1.807) is 25.4 Å². The van der Waals surface area contributed by atoms with Crippen molar-refractivity contribution < 1.29 is 4.39 Å². The fourth-order valence-corrected chi connectivity index (χ4v) is 1.69. The molecule has 0 atom stereocenters. The van der Waals surface area contributed by atoms with Crippen molar-refractivity contribution in [3.8, 4) is 11.4 Å². The number of hydrogen-bond acceptors (Lipinski definition) is 4. The smallest absolute Gasteiger partial charge is 0.159 e. The molecule has 1 aromatic heterocycles. The molecule has 0 radical (unpaired) electrons. The summed E-state index contributed by atoms with van der Waals surface area (Å²) in [5.74, 6) is 0.0343. The van der Waals surface area contributed by atoms with E-state index in [0.717, 1.165) is 5.56 Å². The molecule has 0 aliphatic carbocycles. The highest BCUT2D eigenvalue weighted by Gasteiger charge is 2.10. The van der Waals surface area contributed by atoms with Crippen LogP contribution < -0.4 is 0 Å². The highest BCUT2D eigenvalue weighted by molar-refractivity contribution is 7.78. The molecular weight excluding hydrogens is 249 g/mol. The van der Waals surface area contributed by atoms with E-state index in [1.807, 2.05) is 6.92 Å². The highest BCUT2D eigenvalue weighted by atomic mass is 32.1. The van der Waals surface area contributed by atoms with E-state index < -0.39 is 5.82 Å². The van der Waals surface area contributed by atoms with Crippen LogP contribution >= 0.6 is 12.2 Å². The quantitative estimate of drug-likeness (QED) is 0.610. The molecule has 0 saturated heterocycles. The van der Waals surface area contributed by atoms with Crippen LogP contribution in [0.1, 0.15) is 11.1 Å². The Morgan fingerprint density at radius 2 is 1.89 bits per heavy atom. The molecular formula is C13H10FN3S. The Morgan fingerprint density at radius 1 is 1.22 bits per heavy atom. The standard InChI is InChI=1S/C13H10FN3S/c1-8-5-15-13(16-6-8)10-3-9(2)12(17-7-18)11(14)4-10/h3-6H,1-2H3. The summed E-state index contributed by atoms with van der Waals surface area (Å²) in [4.78, 5) is 12.0. The van der Waals surface area contributed by atoms with E-state index in [9.17, 15) is 4.39 Å². The van der Waals surface area contributed by atoms with Crippen LogP contribution in [-0.4, -0.2) is 15.1 Å². The van der Waals surface area contributed by atoms with Gasteiger partial charge < -0.3 is 0 Å². The van der Waals surface area contributed by atoms with Gasteiger partial charge in [0.05, 0.1) is 5.16 Å². The molecule has 0 unspecified atom stereocenters. The van der Waals surface area contributed by atoms with E-state index >= 15 is 0 Å². The van der Waals surface area contributed by atoms with Crippen LogP contribution in [0.2, 0.25) is 0 Å². The zero-order valence-electron chi connectivity index (χ0n) is 9.94. The molecule has 0 bridgehead atoms. The Kier molecular flexibility index (Phi) is 3.55. The third-order valence-electron chi connectivity index (χ3n) is 2.45. The first kappa shape index (κ1) is 12.5. The number of nitrogens with zero attached hydrogens (tertiary/aromatic N) is 3. The largest absolute Gasteiger partial charge is 0.236 e. The van der Waals surface area contributed by atoms with Crippen LogP contribution in [0.5, 0.6) is 0 Å². The number of isothiocyanates is 1. The van der Waals surface area contributed by atoms with Crippen molar-refractivity contribution in [2.24, 2.45) is 4.99 Å². The average Bonchev–Trinajstić information content (AvgIpc) is 2.34. The summed E-state index contributed by atoms with van der Waals surface area (Å²) >= 11 is 4.49. The number of rotatable bonds is 2. The van der Waals surface area contributed by atoms with Gasteiger partial charge in [0.25, 0.3) is 0 Å². The molecule has 1 heterocycles. The fraction of sp³-hybridized carbons (Fsp3) is 0.154. The minimum atomic E-state index is -0.452. The maximum atomic E-state index is 13.8. The van der Waals surface area contributed by atoms with Crippen molar-refractivity contribution in [3.05, 3.63) is 41.5 Å². The average molecular weight is 259 g/mol. The summed E-state index contributed by atoms with van der Waals surface area (Å²) in [7, 11) is 0. The second-order valence-corrected chi connectivity index (χ2v) is 4.09. The van der Waals surface area contributed by atoms with E-state index in [4.69, 9.17) is 0 Å². The SMILES string of the molecule is Cc1cnc(-c2cc(C)c(N=C=S)c(F)c2)nc1. The van der Waals surface area contributed by atoms with Gasteiger partial charge in [-0.2, -0.15) is 4.99 Å². The maximum Gasteiger partial charge on any atom is 0.159 e. The monoisotopic (exact) mass is 259 g/mol. The maximum absolute atomic E-state index is 13.8. The number of benzene rings is 1. The topological polar surface area (TPSA) is 38.1 Å². The zero-order chi connectivity index (χ0) is 13.1. The highest BCUT2D eigenvalue weighted by Crippen LogP contribution is 2.27. The summed E-state index contributed by atoms with van der Waals surface area (Å²) in [6, 6.07) is 3.13. The molecule has 0 aliphatic rings. The van der Waals surface area contributed by atoms with Crippen molar-refractivity contribution in [2.75, 3.05) is 0 Å². The van der Waals surface area contributed by atoms with Crippen LogP contribution in [0.4, 0.5) is 10.1 Å². The number of aryl methyl sites for hydroxylation is 2. The van der Waals surface area contributed by atoms with Crippen LogP contribution in [-0.2, 0) is 0 Å². The third-order valence-corrected chi connectivity index (χ3v) is 2.54. The number of aromatic nitrogens is 2. The van der Waals surface area contributed by atoms with E-state index in [1.165, 1.54) is 6.07 Å². The summed E-state index contributed by atoms with van der Waals surface area (Å²) in [6.07, 6.45) is 3.39. The van der Waals surface area contributed by atoms with Crippen molar-refractivity contribution in [1.82, 2.24) is 9.97 Å². The van der Waals surface area contributed by atoms with E-state index in [0.29, 0.717) is 17.0 Å². The van der Waals surface area contributed by atoms with Gasteiger partial charge in [0.2, 0.25) is 0 Å². The Balaban J connectivity index is 2.54. The first-order chi connectivity index (χ1) is 8.61. The molecule has 1 aromatic carbocycles. The second kappa shape index (κ2) is 5.12. The molecule has 0 spiro atoms. The predicted molar refractivity (Wildman–Crippen MR) is 71.6 cm³/mol. The molecule has 2 aromatic rings. The predicted octanol–water partition coefficient (Wildman–Crippen LogP) is 3.63. The molecule has 0 saturated carbocycles. The summed E-state index contributed by atoms with van der Waals surface area (Å²) < 4.78 is 13.8. The lowest BCUT2D eigenvalue weighted by Gasteiger charge is -2.05. The van der Waals surface area contributed by atoms with Crippen LogP contribution in [0, 0.1) is 19.7 Å². The number of hydrogen-bond donors (Lipinski definition) is 0. The van der Waals surface area contributed by atoms with Crippen molar-refractivity contribution in [3.63, 3.8) is 0 Å². The molecule has 0 fully saturated rings. The molecule has 0 amide bonds. The third kappa shape index (κ3) is 2.47. The zero-order valence-corrected chi connectivity index (χ0v) is 10.8. The van der Waals surface area contributed by atoms with Crippen molar-refractivity contribution in [1.29, 1.82) is 0 Å². The van der Waals surface area contributed by atoms with Crippen LogP contribution in [0.15, 0.2) is 29.5 Å².